The van der Waals surface area contributed by atoms with Crippen molar-refractivity contribution in [1.29, 1.82) is 0 Å². The summed E-state index contributed by atoms with van der Waals surface area (Å²) >= 11 is 0. The van der Waals surface area contributed by atoms with E-state index in [0.29, 0.717) is 0 Å². The average molecular weight is 166 g/mol. The molecular weight excluding hydrogens is 152 g/mol. The number of amides is 1. The van der Waals surface area contributed by atoms with Crippen molar-refractivity contribution in [2.24, 2.45) is 5.73 Å². The zero-order valence-corrected chi connectivity index (χ0v) is 7.34. The lowest BCUT2D eigenvalue weighted by Crippen LogP contribution is -2.34. The minimum Gasteiger partial charge on any atom is -0.340 e. The molecule has 66 valence electrons. The van der Waals surface area contributed by atoms with Crippen molar-refractivity contribution >= 4 is 5.91 Å². The molecule has 2 N–H and O–H groups in total. The quantitative estimate of drug-likeness (QED) is 0.585. The Balaban J connectivity index is 2.32. The highest BCUT2D eigenvalue weighted by atomic mass is 16.2. The standard InChI is InChI=1S/C9H14N2O/c1-2-3-4-6-11-7-5-8(10)9(11)12/h8H,4-7,10H2,1H3. The van der Waals surface area contributed by atoms with Gasteiger partial charge in [0.15, 0.2) is 0 Å². The number of hydrogen-bond donors (Lipinski definition) is 1. The van der Waals surface area contributed by atoms with Gasteiger partial charge in [-0.1, -0.05) is 0 Å². The van der Waals surface area contributed by atoms with Crippen LogP contribution in [0.15, 0.2) is 0 Å². The van der Waals surface area contributed by atoms with Gasteiger partial charge in [0.2, 0.25) is 5.91 Å². The third-order valence-corrected chi connectivity index (χ3v) is 2.02. The summed E-state index contributed by atoms with van der Waals surface area (Å²) in [5.41, 5.74) is 5.55. The molecule has 1 heterocycles. The Morgan fingerprint density at radius 2 is 2.50 bits per heavy atom. The van der Waals surface area contributed by atoms with Gasteiger partial charge < -0.3 is 10.6 Å². The number of rotatable bonds is 2. The van der Waals surface area contributed by atoms with Crippen molar-refractivity contribution in [3.8, 4) is 11.8 Å². The van der Waals surface area contributed by atoms with Crippen molar-refractivity contribution in [2.75, 3.05) is 13.1 Å². The molecule has 3 heteroatoms. The second-order valence-corrected chi connectivity index (χ2v) is 2.90. The minimum absolute atomic E-state index is 0.0768. The highest BCUT2D eigenvalue weighted by Crippen LogP contribution is 2.08. The third-order valence-electron chi connectivity index (χ3n) is 2.02. The molecule has 1 fully saturated rings. The van der Waals surface area contributed by atoms with Crippen LogP contribution in [0, 0.1) is 11.8 Å². The largest absolute Gasteiger partial charge is 0.340 e. The minimum atomic E-state index is -0.264. The molecule has 0 spiro atoms. The number of likely N-dealkylation sites (tertiary alicyclic amines) is 1. The summed E-state index contributed by atoms with van der Waals surface area (Å²) in [6, 6.07) is -0.264. The first-order chi connectivity index (χ1) is 5.75. The summed E-state index contributed by atoms with van der Waals surface area (Å²) in [7, 11) is 0. The van der Waals surface area contributed by atoms with Gasteiger partial charge in [0, 0.05) is 19.5 Å². The van der Waals surface area contributed by atoms with Crippen LogP contribution in [0.4, 0.5) is 0 Å². The van der Waals surface area contributed by atoms with Gasteiger partial charge in [0.05, 0.1) is 6.04 Å². The van der Waals surface area contributed by atoms with E-state index < -0.39 is 0 Å². The van der Waals surface area contributed by atoms with E-state index in [1.807, 2.05) is 0 Å². The molecule has 1 unspecified atom stereocenters. The van der Waals surface area contributed by atoms with Crippen molar-refractivity contribution < 1.29 is 4.79 Å². The van der Waals surface area contributed by atoms with Crippen molar-refractivity contribution in [3.63, 3.8) is 0 Å². The molecule has 0 saturated carbocycles. The summed E-state index contributed by atoms with van der Waals surface area (Å²) in [6.07, 6.45) is 1.55. The highest BCUT2D eigenvalue weighted by molar-refractivity contribution is 5.83. The molecule has 0 aromatic heterocycles. The Kier molecular flexibility index (Phi) is 3.12. The van der Waals surface area contributed by atoms with Crippen LogP contribution in [0.25, 0.3) is 0 Å². The van der Waals surface area contributed by atoms with Crippen LogP contribution in [0.2, 0.25) is 0 Å². The van der Waals surface area contributed by atoms with Gasteiger partial charge in [-0.25, -0.2) is 0 Å². The lowest BCUT2D eigenvalue weighted by molar-refractivity contribution is -0.128. The normalized spacial score (nSPS) is 22.3. The summed E-state index contributed by atoms with van der Waals surface area (Å²) < 4.78 is 0. The summed E-state index contributed by atoms with van der Waals surface area (Å²) in [4.78, 5) is 13.0. The van der Waals surface area contributed by atoms with Crippen LogP contribution < -0.4 is 5.73 Å². The van der Waals surface area contributed by atoms with E-state index >= 15 is 0 Å². The lowest BCUT2D eigenvalue weighted by Gasteiger charge is -2.13. The van der Waals surface area contributed by atoms with E-state index in [9.17, 15) is 4.79 Å². The van der Waals surface area contributed by atoms with Crippen molar-refractivity contribution in [3.05, 3.63) is 0 Å². The Morgan fingerprint density at radius 1 is 1.75 bits per heavy atom. The molecule has 12 heavy (non-hydrogen) atoms. The van der Waals surface area contributed by atoms with Crippen molar-refractivity contribution in [1.82, 2.24) is 4.90 Å². The first kappa shape index (κ1) is 9.08. The molecule has 0 aromatic carbocycles. The number of carbonyl (C=O) groups is 1. The predicted molar refractivity (Wildman–Crippen MR) is 47.2 cm³/mol. The van der Waals surface area contributed by atoms with Crippen LogP contribution in [0.5, 0.6) is 0 Å². The number of nitrogens with two attached hydrogens (primary N) is 1. The van der Waals surface area contributed by atoms with Gasteiger partial charge in [-0.3, -0.25) is 4.79 Å². The van der Waals surface area contributed by atoms with E-state index in [1.165, 1.54) is 0 Å². The Labute approximate surface area is 72.9 Å². The molecule has 1 saturated heterocycles. The summed E-state index contributed by atoms with van der Waals surface area (Å²) in [5, 5.41) is 0. The highest BCUT2D eigenvalue weighted by Gasteiger charge is 2.27. The number of nitrogens with zero attached hydrogens (tertiary/aromatic N) is 1. The fraction of sp³-hybridized carbons (Fsp3) is 0.667. The maximum atomic E-state index is 11.3. The monoisotopic (exact) mass is 166 g/mol. The van der Waals surface area contributed by atoms with Crippen molar-refractivity contribution in [2.45, 2.75) is 25.8 Å². The molecule has 1 amide bonds. The zero-order valence-electron chi connectivity index (χ0n) is 7.34. The van der Waals surface area contributed by atoms with Gasteiger partial charge in [0.25, 0.3) is 0 Å². The summed E-state index contributed by atoms with van der Waals surface area (Å²) in [5.74, 6) is 5.80. The fourth-order valence-electron chi connectivity index (χ4n) is 1.30. The van der Waals surface area contributed by atoms with Gasteiger partial charge >= 0.3 is 0 Å². The van der Waals surface area contributed by atoms with E-state index in [-0.39, 0.29) is 11.9 Å². The fourth-order valence-corrected chi connectivity index (χ4v) is 1.30. The maximum absolute atomic E-state index is 11.3. The lowest BCUT2D eigenvalue weighted by atomic mass is 10.3. The zero-order chi connectivity index (χ0) is 8.97. The van der Waals surface area contributed by atoms with Crippen LogP contribution >= 0.6 is 0 Å². The second kappa shape index (κ2) is 4.13. The third kappa shape index (κ3) is 1.99. The Bertz CT molecular complexity index is 226. The van der Waals surface area contributed by atoms with Gasteiger partial charge in [-0.05, 0) is 13.3 Å². The first-order valence-electron chi connectivity index (χ1n) is 4.19. The van der Waals surface area contributed by atoms with E-state index in [0.717, 1.165) is 25.9 Å². The number of hydrogen-bond acceptors (Lipinski definition) is 2. The molecular formula is C9H14N2O. The van der Waals surface area contributed by atoms with Gasteiger partial charge in [-0.2, -0.15) is 0 Å². The second-order valence-electron chi connectivity index (χ2n) is 2.90. The molecule has 1 atom stereocenters. The first-order valence-corrected chi connectivity index (χ1v) is 4.19. The molecule has 1 rings (SSSR count). The van der Waals surface area contributed by atoms with E-state index in [2.05, 4.69) is 11.8 Å². The SMILES string of the molecule is CC#CCCN1CCC(N)C1=O. The molecule has 0 aliphatic carbocycles. The molecule has 1 aliphatic rings. The Morgan fingerprint density at radius 3 is 3.00 bits per heavy atom. The number of carbonyl (C=O) groups excluding carboxylic acids is 1. The molecule has 0 bridgehead atoms. The maximum Gasteiger partial charge on any atom is 0.239 e. The van der Waals surface area contributed by atoms with E-state index in [4.69, 9.17) is 5.73 Å². The van der Waals surface area contributed by atoms with Crippen LogP contribution in [0.1, 0.15) is 19.8 Å². The topological polar surface area (TPSA) is 46.3 Å². The predicted octanol–water partition coefficient (Wildman–Crippen LogP) is -0.0406. The van der Waals surface area contributed by atoms with E-state index in [1.54, 1.807) is 11.8 Å². The molecule has 0 radical (unpaired) electrons. The smallest absolute Gasteiger partial charge is 0.239 e. The Hall–Kier alpha value is -1.01. The van der Waals surface area contributed by atoms with Crippen LogP contribution in [0.3, 0.4) is 0 Å². The van der Waals surface area contributed by atoms with Gasteiger partial charge in [0.1, 0.15) is 0 Å². The molecule has 1 aliphatic heterocycles. The average Bonchev–Trinajstić information content (AvgIpc) is 2.36. The van der Waals surface area contributed by atoms with Crippen LogP contribution in [-0.2, 0) is 4.79 Å². The molecule has 3 nitrogen and oxygen atoms in total. The van der Waals surface area contributed by atoms with Crippen LogP contribution in [-0.4, -0.2) is 29.9 Å². The molecule has 0 aromatic rings. The van der Waals surface area contributed by atoms with Gasteiger partial charge in [-0.15, -0.1) is 11.8 Å². The summed E-state index contributed by atoms with van der Waals surface area (Å²) in [6.45, 7) is 3.33.